The van der Waals surface area contributed by atoms with Crippen molar-refractivity contribution in [3.05, 3.63) is 70.7 Å². The number of rotatable bonds is 5. The number of phenols is 1. The summed E-state index contributed by atoms with van der Waals surface area (Å²) in [6.07, 6.45) is 2.46. The minimum atomic E-state index is -0.371. The highest BCUT2D eigenvalue weighted by molar-refractivity contribution is 7.13. The van der Waals surface area contributed by atoms with Gasteiger partial charge in [-0.15, -0.1) is 11.3 Å². The number of aromatic nitrogens is 1. The van der Waals surface area contributed by atoms with Crippen LogP contribution in [0.2, 0.25) is 0 Å². The number of nitrogens with zero attached hydrogens (tertiary/aromatic N) is 2. The van der Waals surface area contributed by atoms with Gasteiger partial charge in [-0.1, -0.05) is 43.3 Å². The third-order valence-corrected chi connectivity index (χ3v) is 4.49. The Bertz CT molecular complexity index is 901. The van der Waals surface area contributed by atoms with E-state index in [9.17, 15) is 9.90 Å². The van der Waals surface area contributed by atoms with Crippen LogP contribution in [-0.4, -0.2) is 22.2 Å². The van der Waals surface area contributed by atoms with Crippen LogP contribution in [0.5, 0.6) is 5.75 Å². The zero-order chi connectivity index (χ0) is 17.6. The number of hydrogen-bond acceptors (Lipinski definition) is 5. The summed E-state index contributed by atoms with van der Waals surface area (Å²) in [5.41, 5.74) is 5.71. The lowest BCUT2D eigenvalue weighted by atomic mass is 10.1. The summed E-state index contributed by atoms with van der Waals surface area (Å²) >= 11 is 1.42. The Kier molecular flexibility index (Phi) is 5.20. The normalized spacial score (nSPS) is 10.9. The van der Waals surface area contributed by atoms with E-state index in [1.807, 2.05) is 12.1 Å². The van der Waals surface area contributed by atoms with E-state index in [2.05, 4.69) is 34.6 Å². The van der Waals surface area contributed by atoms with E-state index in [1.165, 1.54) is 23.1 Å². The summed E-state index contributed by atoms with van der Waals surface area (Å²) in [5.74, 6) is -0.224. The molecule has 3 aromatic rings. The minimum absolute atomic E-state index is 0.147. The molecule has 25 heavy (non-hydrogen) atoms. The summed E-state index contributed by atoms with van der Waals surface area (Å²) in [6.45, 7) is 2.11. The van der Waals surface area contributed by atoms with E-state index >= 15 is 0 Å². The molecule has 0 saturated carbocycles. The van der Waals surface area contributed by atoms with Gasteiger partial charge in [-0.25, -0.2) is 10.4 Å². The molecule has 0 saturated heterocycles. The van der Waals surface area contributed by atoms with Crippen LogP contribution < -0.4 is 5.43 Å². The molecule has 0 aliphatic rings. The Hall–Kier alpha value is -2.99. The molecule has 0 aliphatic carbocycles. The molecular formula is C19H17N3O2S. The number of benzene rings is 2. The average molecular weight is 351 g/mol. The largest absolute Gasteiger partial charge is 0.508 e. The standard InChI is InChI=1S/C19H17N3O2S/c1-2-13-6-8-15(9-7-13)19-21-17(12-25-19)18(24)22-20-11-14-4-3-5-16(23)10-14/h3-12,23H,2H2,1H3,(H,22,24)/b20-11-. The van der Waals surface area contributed by atoms with Gasteiger partial charge in [0.15, 0.2) is 0 Å². The fourth-order valence-corrected chi connectivity index (χ4v) is 3.03. The van der Waals surface area contributed by atoms with Gasteiger partial charge in [0.1, 0.15) is 16.5 Å². The third kappa shape index (κ3) is 4.30. The van der Waals surface area contributed by atoms with Gasteiger partial charge in [-0.3, -0.25) is 4.79 Å². The molecule has 0 fully saturated rings. The number of aryl methyl sites for hydroxylation is 1. The number of phenolic OH excluding ortho intramolecular Hbond substituents is 1. The first-order chi connectivity index (χ1) is 12.2. The molecule has 0 radical (unpaired) electrons. The number of thiazole rings is 1. The Morgan fingerprint density at radius 1 is 1.28 bits per heavy atom. The van der Waals surface area contributed by atoms with Crippen LogP contribution in [0.3, 0.4) is 0 Å². The zero-order valence-corrected chi connectivity index (χ0v) is 14.5. The molecular weight excluding hydrogens is 334 g/mol. The number of amides is 1. The van der Waals surface area contributed by atoms with Crippen molar-refractivity contribution in [2.75, 3.05) is 0 Å². The van der Waals surface area contributed by atoms with Crippen molar-refractivity contribution in [1.29, 1.82) is 0 Å². The van der Waals surface area contributed by atoms with Crippen LogP contribution in [0.25, 0.3) is 10.6 Å². The van der Waals surface area contributed by atoms with Gasteiger partial charge in [0.05, 0.1) is 6.21 Å². The molecule has 2 aromatic carbocycles. The predicted octanol–water partition coefficient (Wildman–Crippen LogP) is 3.84. The molecule has 3 rings (SSSR count). The van der Waals surface area contributed by atoms with Gasteiger partial charge in [-0.2, -0.15) is 5.10 Å². The highest BCUT2D eigenvalue weighted by atomic mass is 32.1. The molecule has 0 spiro atoms. The maximum Gasteiger partial charge on any atom is 0.290 e. The highest BCUT2D eigenvalue weighted by Gasteiger charge is 2.11. The lowest BCUT2D eigenvalue weighted by Gasteiger charge is -1.99. The van der Waals surface area contributed by atoms with E-state index in [-0.39, 0.29) is 11.7 Å². The molecule has 2 N–H and O–H groups in total. The second-order valence-electron chi connectivity index (χ2n) is 5.38. The van der Waals surface area contributed by atoms with Crippen LogP contribution in [0.4, 0.5) is 0 Å². The SMILES string of the molecule is CCc1ccc(-c2nc(C(=O)N/N=C\c3cccc(O)c3)cs2)cc1. The van der Waals surface area contributed by atoms with Gasteiger partial charge in [-0.05, 0) is 29.7 Å². The van der Waals surface area contributed by atoms with Crippen molar-refractivity contribution in [2.24, 2.45) is 5.10 Å². The second-order valence-corrected chi connectivity index (χ2v) is 6.24. The second kappa shape index (κ2) is 7.72. The Morgan fingerprint density at radius 3 is 2.80 bits per heavy atom. The molecule has 6 heteroatoms. The number of carbonyl (C=O) groups excluding carboxylic acids is 1. The van der Waals surface area contributed by atoms with Gasteiger partial charge >= 0.3 is 0 Å². The number of carbonyl (C=O) groups is 1. The molecule has 0 bridgehead atoms. The van der Waals surface area contributed by atoms with Gasteiger partial charge in [0, 0.05) is 10.9 Å². The van der Waals surface area contributed by atoms with Crippen LogP contribution >= 0.6 is 11.3 Å². The molecule has 0 unspecified atom stereocenters. The monoisotopic (exact) mass is 351 g/mol. The molecule has 5 nitrogen and oxygen atoms in total. The number of hydrazone groups is 1. The van der Waals surface area contributed by atoms with E-state index in [1.54, 1.807) is 29.6 Å². The van der Waals surface area contributed by atoms with E-state index in [0.29, 0.717) is 11.3 Å². The van der Waals surface area contributed by atoms with Crippen molar-refractivity contribution >= 4 is 23.5 Å². The van der Waals surface area contributed by atoms with Crippen molar-refractivity contribution in [1.82, 2.24) is 10.4 Å². The van der Waals surface area contributed by atoms with Gasteiger partial charge in [0.25, 0.3) is 5.91 Å². The van der Waals surface area contributed by atoms with Crippen LogP contribution in [0.15, 0.2) is 59.0 Å². The minimum Gasteiger partial charge on any atom is -0.508 e. The third-order valence-electron chi connectivity index (χ3n) is 3.60. The molecule has 0 atom stereocenters. The molecule has 1 heterocycles. The van der Waals surface area contributed by atoms with Crippen molar-refractivity contribution < 1.29 is 9.90 Å². The first-order valence-corrected chi connectivity index (χ1v) is 8.71. The van der Waals surface area contributed by atoms with Crippen molar-refractivity contribution in [3.63, 3.8) is 0 Å². The van der Waals surface area contributed by atoms with Gasteiger partial charge < -0.3 is 5.11 Å². The molecule has 1 aromatic heterocycles. The Labute approximate surface area is 149 Å². The van der Waals surface area contributed by atoms with Crippen LogP contribution in [0.1, 0.15) is 28.5 Å². The summed E-state index contributed by atoms with van der Waals surface area (Å²) in [5, 5.41) is 15.8. The quantitative estimate of drug-likeness (QED) is 0.542. The number of nitrogens with one attached hydrogen (secondary N) is 1. The van der Waals surface area contributed by atoms with E-state index in [0.717, 1.165) is 17.0 Å². The molecule has 1 amide bonds. The van der Waals surface area contributed by atoms with Crippen molar-refractivity contribution in [3.8, 4) is 16.3 Å². The maximum absolute atomic E-state index is 12.1. The smallest absolute Gasteiger partial charge is 0.290 e. The lowest BCUT2D eigenvalue weighted by Crippen LogP contribution is -2.17. The predicted molar refractivity (Wildman–Crippen MR) is 100 cm³/mol. The van der Waals surface area contributed by atoms with Gasteiger partial charge in [0.2, 0.25) is 0 Å². The van der Waals surface area contributed by atoms with Crippen LogP contribution in [0, 0.1) is 0 Å². The first kappa shape index (κ1) is 16.9. The molecule has 0 aliphatic heterocycles. The fraction of sp³-hybridized carbons (Fsp3) is 0.105. The summed E-state index contributed by atoms with van der Waals surface area (Å²) in [6, 6.07) is 14.8. The average Bonchev–Trinajstić information content (AvgIpc) is 3.12. The number of hydrogen-bond donors (Lipinski definition) is 2. The first-order valence-electron chi connectivity index (χ1n) is 7.83. The van der Waals surface area contributed by atoms with E-state index < -0.39 is 0 Å². The van der Waals surface area contributed by atoms with Crippen molar-refractivity contribution in [2.45, 2.75) is 13.3 Å². The zero-order valence-electron chi connectivity index (χ0n) is 13.6. The summed E-state index contributed by atoms with van der Waals surface area (Å²) in [7, 11) is 0. The maximum atomic E-state index is 12.1. The lowest BCUT2D eigenvalue weighted by molar-refractivity contribution is 0.0951. The number of aromatic hydroxyl groups is 1. The topological polar surface area (TPSA) is 74.6 Å². The Balaban J connectivity index is 1.66. The van der Waals surface area contributed by atoms with E-state index in [4.69, 9.17) is 0 Å². The molecule has 126 valence electrons. The Morgan fingerprint density at radius 2 is 2.08 bits per heavy atom. The van der Waals surface area contributed by atoms with Crippen LogP contribution in [-0.2, 0) is 6.42 Å². The fourth-order valence-electron chi connectivity index (χ4n) is 2.22. The highest BCUT2D eigenvalue weighted by Crippen LogP contribution is 2.24. The summed E-state index contributed by atoms with van der Waals surface area (Å²) < 4.78 is 0. The summed E-state index contributed by atoms with van der Waals surface area (Å²) in [4.78, 5) is 16.5.